The third kappa shape index (κ3) is 5.01. The summed E-state index contributed by atoms with van der Waals surface area (Å²) in [6.45, 7) is 0.320. The normalized spacial score (nSPS) is 11.8. The molecule has 1 atom stereocenters. The number of halogens is 1. The molecule has 2 rings (SSSR count). The van der Waals surface area contributed by atoms with E-state index in [0.29, 0.717) is 17.2 Å². The van der Waals surface area contributed by atoms with E-state index in [4.69, 9.17) is 15.2 Å². The molecular formula is C16H18FN3O3. The van der Waals surface area contributed by atoms with Crippen LogP contribution in [0.4, 0.5) is 4.39 Å². The van der Waals surface area contributed by atoms with Crippen LogP contribution >= 0.6 is 0 Å². The van der Waals surface area contributed by atoms with Crippen molar-refractivity contribution in [3.8, 4) is 11.6 Å². The summed E-state index contributed by atoms with van der Waals surface area (Å²) in [5.41, 5.74) is 6.29. The van der Waals surface area contributed by atoms with E-state index in [0.717, 1.165) is 0 Å². The topological polar surface area (TPSA) is 86.5 Å². The number of amides is 1. The van der Waals surface area contributed by atoms with Crippen molar-refractivity contribution < 1.29 is 18.7 Å². The summed E-state index contributed by atoms with van der Waals surface area (Å²) < 4.78 is 23.6. The van der Waals surface area contributed by atoms with Crippen LogP contribution in [0, 0.1) is 5.82 Å². The number of rotatable bonds is 7. The van der Waals surface area contributed by atoms with Crippen molar-refractivity contribution in [2.24, 2.45) is 5.73 Å². The van der Waals surface area contributed by atoms with E-state index in [-0.39, 0.29) is 19.1 Å². The molecule has 0 fully saturated rings. The molecule has 0 saturated heterocycles. The van der Waals surface area contributed by atoms with Crippen LogP contribution in [-0.2, 0) is 16.1 Å². The molecule has 1 aromatic carbocycles. The van der Waals surface area contributed by atoms with E-state index < -0.39 is 11.9 Å². The fraction of sp³-hybridized carbons (Fsp3) is 0.250. The Morgan fingerprint density at radius 2 is 2.22 bits per heavy atom. The number of nitrogens with two attached hydrogens (primary N) is 1. The zero-order valence-electron chi connectivity index (χ0n) is 12.7. The first kappa shape index (κ1) is 16.9. The minimum Gasteiger partial charge on any atom is -0.439 e. The first-order chi connectivity index (χ1) is 11.1. The molecule has 1 heterocycles. The second kappa shape index (κ2) is 8.21. The molecule has 0 bridgehead atoms. The molecule has 0 spiro atoms. The third-order valence-corrected chi connectivity index (χ3v) is 3.00. The van der Waals surface area contributed by atoms with Crippen molar-refractivity contribution >= 4 is 5.91 Å². The molecule has 1 amide bonds. The maximum Gasteiger partial charge on any atom is 0.239 e. The van der Waals surface area contributed by atoms with Gasteiger partial charge in [-0.05, 0) is 18.2 Å². The number of benzene rings is 1. The van der Waals surface area contributed by atoms with Gasteiger partial charge in [0.15, 0.2) is 0 Å². The number of hydrogen-bond donors (Lipinski definition) is 2. The lowest BCUT2D eigenvalue weighted by molar-refractivity contribution is -0.123. The predicted octanol–water partition coefficient (Wildman–Crippen LogP) is 1.60. The second-order valence-electron chi connectivity index (χ2n) is 4.81. The van der Waals surface area contributed by atoms with Gasteiger partial charge in [-0.25, -0.2) is 9.37 Å². The second-order valence-corrected chi connectivity index (χ2v) is 4.81. The number of carbonyl (C=O) groups is 1. The van der Waals surface area contributed by atoms with Crippen LogP contribution in [0.3, 0.4) is 0 Å². The minimum absolute atomic E-state index is 0.130. The fourth-order valence-electron chi connectivity index (χ4n) is 1.86. The van der Waals surface area contributed by atoms with Crippen LogP contribution in [0.2, 0.25) is 0 Å². The van der Waals surface area contributed by atoms with Gasteiger partial charge in [0.2, 0.25) is 11.8 Å². The zero-order chi connectivity index (χ0) is 16.7. The van der Waals surface area contributed by atoms with E-state index in [2.05, 4.69) is 10.3 Å². The summed E-state index contributed by atoms with van der Waals surface area (Å²) in [5, 5.41) is 2.68. The van der Waals surface area contributed by atoms with Gasteiger partial charge in [-0.1, -0.05) is 12.1 Å². The lowest BCUT2D eigenvalue weighted by atomic mass is 10.2. The molecule has 23 heavy (non-hydrogen) atoms. The van der Waals surface area contributed by atoms with Gasteiger partial charge < -0.3 is 20.5 Å². The molecule has 1 unspecified atom stereocenters. The minimum atomic E-state index is -0.746. The molecule has 1 aromatic heterocycles. The number of carbonyl (C=O) groups excluding carboxylic acids is 1. The number of nitrogens with zero attached hydrogens (tertiary/aromatic N) is 1. The molecule has 0 aliphatic carbocycles. The number of nitrogens with one attached hydrogen (secondary N) is 1. The van der Waals surface area contributed by atoms with Crippen LogP contribution in [0.1, 0.15) is 5.56 Å². The van der Waals surface area contributed by atoms with Crippen molar-refractivity contribution in [3.63, 3.8) is 0 Å². The Balaban J connectivity index is 2.04. The van der Waals surface area contributed by atoms with Gasteiger partial charge >= 0.3 is 0 Å². The summed E-state index contributed by atoms with van der Waals surface area (Å²) in [5.74, 6) is -0.127. The molecule has 0 aliphatic rings. The predicted molar refractivity (Wildman–Crippen MR) is 82.4 cm³/mol. The Labute approximate surface area is 133 Å². The van der Waals surface area contributed by atoms with E-state index in [1.54, 1.807) is 30.5 Å². The highest BCUT2D eigenvalue weighted by Crippen LogP contribution is 2.23. The van der Waals surface area contributed by atoms with Gasteiger partial charge in [0.05, 0.1) is 6.61 Å². The van der Waals surface area contributed by atoms with Gasteiger partial charge in [0, 0.05) is 31.5 Å². The lowest BCUT2D eigenvalue weighted by Crippen LogP contribution is -2.43. The number of pyridine rings is 1. The molecule has 0 saturated carbocycles. The van der Waals surface area contributed by atoms with Crippen LogP contribution in [0.5, 0.6) is 11.6 Å². The van der Waals surface area contributed by atoms with Gasteiger partial charge in [-0.3, -0.25) is 4.79 Å². The van der Waals surface area contributed by atoms with Crippen molar-refractivity contribution in [3.05, 3.63) is 54.0 Å². The Bertz CT molecular complexity index is 667. The Hall–Kier alpha value is -2.51. The summed E-state index contributed by atoms with van der Waals surface area (Å²) in [4.78, 5) is 15.9. The van der Waals surface area contributed by atoms with Crippen LogP contribution in [0.15, 0.2) is 42.6 Å². The smallest absolute Gasteiger partial charge is 0.239 e. The van der Waals surface area contributed by atoms with E-state index in [9.17, 15) is 9.18 Å². The number of methoxy groups -OCH3 is 1. The number of hydrogen-bond acceptors (Lipinski definition) is 5. The number of ether oxygens (including phenoxy) is 2. The summed E-state index contributed by atoms with van der Waals surface area (Å²) in [7, 11) is 1.47. The van der Waals surface area contributed by atoms with Crippen LogP contribution in [-0.4, -0.2) is 30.6 Å². The molecule has 2 aromatic rings. The van der Waals surface area contributed by atoms with Gasteiger partial charge in [-0.15, -0.1) is 0 Å². The third-order valence-electron chi connectivity index (χ3n) is 3.00. The van der Waals surface area contributed by atoms with Crippen LogP contribution in [0.25, 0.3) is 0 Å². The van der Waals surface area contributed by atoms with Gasteiger partial charge in [-0.2, -0.15) is 0 Å². The van der Waals surface area contributed by atoms with Crippen molar-refractivity contribution in [2.45, 2.75) is 12.6 Å². The summed E-state index contributed by atoms with van der Waals surface area (Å²) in [6, 6.07) is 8.46. The highest BCUT2D eigenvalue weighted by atomic mass is 19.1. The molecule has 122 valence electrons. The Kier molecular flexibility index (Phi) is 6.02. The highest BCUT2D eigenvalue weighted by Gasteiger charge is 2.14. The van der Waals surface area contributed by atoms with E-state index in [1.807, 2.05) is 0 Å². The van der Waals surface area contributed by atoms with Crippen LogP contribution < -0.4 is 15.8 Å². The molecule has 6 nitrogen and oxygen atoms in total. The lowest BCUT2D eigenvalue weighted by Gasteiger charge is -2.13. The molecule has 0 aliphatic heterocycles. The average Bonchev–Trinajstić information content (AvgIpc) is 2.54. The molecule has 3 N–H and O–H groups in total. The SMILES string of the molecule is COCC(N)C(=O)NCc1cccnc1Oc1cccc(F)c1. The first-order valence-corrected chi connectivity index (χ1v) is 6.99. The maximum absolute atomic E-state index is 13.2. The molecule has 0 radical (unpaired) electrons. The summed E-state index contributed by atoms with van der Waals surface area (Å²) >= 11 is 0. The molecular weight excluding hydrogens is 301 g/mol. The monoisotopic (exact) mass is 319 g/mol. The molecule has 7 heteroatoms. The largest absolute Gasteiger partial charge is 0.439 e. The highest BCUT2D eigenvalue weighted by molar-refractivity contribution is 5.81. The van der Waals surface area contributed by atoms with Gasteiger partial charge in [0.1, 0.15) is 17.6 Å². The fourth-order valence-corrected chi connectivity index (χ4v) is 1.86. The van der Waals surface area contributed by atoms with Crippen molar-refractivity contribution in [2.75, 3.05) is 13.7 Å². The summed E-state index contributed by atoms with van der Waals surface area (Å²) in [6.07, 6.45) is 1.55. The maximum atomic E-state index is 13.2. The van der Waals surface area contributed by atoms with E-state index >= 15 is 0 Å². The Morgan fingerprint density at radius 1 is 1.39 bits per heavy atom. The average molecular weight is 319 g/mol. The number of aromatic nitrogens is 1. The van der Waals surface area contributed by atoms with Crippen molar-refractivity contribution in [1.82, 2.24) is 10.3 Å². The van der Waals surface area contributed by atoms with Gasteiger partial charge in [0.25, 0.3) is 0 Å². The quantitative estimate of drug-likeness (QED) is 0.809. The zero-order valence-corrected chi connectivity index (χ0v) is 12.7. The first-order valence-electron chi connectivity index (χ1n) is 6.99. The van der Waals surface area contributed by atoms with Crippen molar-refractivity contribution in [1.29, 1.82) is 0 Å². The standard InChI is InChI=1S/C16H18FN3O3/c1-22-10-14(18)15(21)20-9-11-4-3-7-19-16(11)23-13-6-2-5-12(17)8-13/h2-8,14H,9-10,18H2,1H3,(H,20,21). The Morgan fingerprint density at radius 3 is 2.96 bits per heavy atom. The van der Waals surface area contributed by atoms with E-state index in [1.165, 1.54) is 19.2 Å².